The molecule has 0 fully saturated rings. The van der Waals surface area contributed by atoms with Gasteiger partial charge in [0.05, 0.1) is 0 Å². The van der Waals surface area contributed by atoms with Crippen molar-refractivity contribution in [2.45, 2.75) is 104 Å². The van der Waals surface area contributed by atoms with Gasteiger partial charge in [-0.05, 0) is 51.9 Å². The molecule has 0 aliphatic rings. The van der Waals surface area contributed by atoms with Crippen molar-refractivity contribution < 1.29 is 17.7 Å². The second-order valence-electron chi connectivity index (χ2n) is 6.97. The standard InChI is InChI=1S/C20H46O4Si2/c1-7-13-17-25(21-9-3,22-10-4)19-15-16-20-26(23-11-5,24-12-6)18-14-8-2/h7-20H2,1-6H3. The Kier molecular flexibility index (Phi) is 16.4. The summed E-state index contributed by atoms with van der Waals surface area (Å²) in [7, 11) is -4.08. The molecule has 0 heterocycles. The van der Waals surface area contributed by atoms with E-state index in [1.807, 2.05) is 0 Å². The SMILES string of the molecule is CCCC[Si](CCCC[Si](CCCC)(OCC)OCC)(OCC)OCC. The Hall–Kier alpha value is 0.274. The lowest BCUT2D eigenvalue weighted by molar-refractivity contribution is 0.176. The minimum atomic E-state index is -2.04. The van der Waals surface area contributed by atoms with Crippen LogP contribution in [0.5, 0.6) is 0 Å². The van der Waals surface area contributed by atoms with Crippen molar-refractivity contribution >= 4 is 17.1 Å². The highest BCUT2D eigenvalue weighted by atomic mass is 28.4. The van der Waals surface area contributed by atoms with E-state index in [-0.39, 0.29) is 0 Å². The van der Waals surface area contributed by atoms with Crippen molar-refractivity contribution in [3.8, 4) is 0 Å². The molecule has 0 bridgehead atoms. The Morgan fingerprint density at radius 1 is 0.423 bits per heavy atom. The van der Waals surface area contributed by atoms with Crippen molar-refractivity contribution in [2.75, 3.05) is 26.4 Å². The fourth-order valence-corrected chi connectivity index (χ4v) is 10.9. The smallest absolute Gasteiger partial charge is 0.338 e. The van der Waals surface area contributed by atoms with Gasteiger partial charge in [-0.2, -0.15) is 0 Å². The zero-order valence-corrected chi connectivity index (χ0v) is 20.5. The summed E-state index contributed by atoms with van der Waals surface area (Å²) < 4.78 is 24.9. The summed E-state index contributed by atoms with van der Waals surface area (Å²) >= 11 is 0. The van der Waals surface area contributed by atoms with Crippen LogP contribution in [-0.2, 0) is 17.7 Å². The Balaban J connectivity index is 4.75. The van der Waals surface area contributed by atoms with Crippen molar-refractivity contribution in [3.05, 3.63) is 0 Å². The molecule has 158 valence electrons. The fourth-order valence-electron chi connectivity index (χ4n) is 3.64. The number of unbranched alkanes of at least 4 members (excludes halogenated alkanes) is 3. The quantitative estimate of drug-likeness (QED) is 0.184. The van der Waals surface area contributed by atoms with E-state index < -0.39 is 17.1 Å². The molecule has 0 aromatic rings. The minimum absolute atomic E-state index is 0.767. The van der Waals surface area contributed by atoms with E-state index in [0.29, 0.717) is 0 Å². The summed E-state index contributed by atoms with van der Waals surface area (Å²) in [5.74, 6) is 0. The first-order chi connectivity index (χ1) is 12.6. The third-order valence-electron chi connectivity index (χ3n) is 4.82. The first-order valence-corrected chi connectivity index (χ1v) is 15.6. The fraction of sp³-hybridized carbons (Fsp3) is 1.00. The molecular formula is C20H46O4Si2. The molecule has 0 spiro atoms. The average molecular weight is 407 g/mol. The van der Waals surface area contributed by atoms with Crippen molar-refractivity contribution in [1.29, 1.82) is 0 Å². The van der Waals surface area contributed by atoms with Gasteiger partial charge in [0.25, 0.3) is 0 Å². The van der Waals surface area contributed by atoms with Crippen LogP contribution in [0.4, 0.5) is 0 Å². The molecule has 0 aliphatic carbocycles. The summed E-state index contributed by atoms with van der Waals surface area (Å²) in [5.41, 5.74) is 0. The topological polar surface area (TPSA) is 36.9 Å². The summed E-state index contributed by atoms with van der Waals surface area (Å²) in [4.78, 5) is 0. The van der Waals surface area contributed by atoms with Gasteiger partial charge in [0.2, 0.25) is 0 Å². The van der Waals surface area contributed by atoms with E-state index in [1.54, 1.807) is 0 Å². The molecule has 0 atom stereocenters. The van der Waals surface area contributed by atoms with E-state index in [4.69, 9.17) is 17.7 Å². The zero-order chi connectivity index (χ0) is 19.7. The Morgan fingerprint density at radius 2 is 0.692 bits per heavy atom. The predicted octanol–water partition coefficient (Wildman–Crippen LogP) is 6.40. The van der Waals surface area contributed by atoms with Gasteiger partial charge >= 0.3 is 17.1 Å². The lowest BCUT2D eigenvalue weighted by Gasteiger charge is -2.32. The number of rotatable bonds is 19. The molecular weight excluding hydrogens is 360 g/mol. The molecule has 6 heteroatoms. The van der Waals surface area contributed by atoms with Crippen molar-refractivity contribution in [3.63, 3.8) is 0 Å². The van der Waals surface area contributed by atoms with E-state index in [0.717, 1.165) is 63.4 Å². The van der Waals surface area contributed by atoms with Crippen LogP contribution < -0.4 is 0 Å². The summed E-state index contributed by atoms with van der Waals surface area (Å²) in [6.45, 7) is 15.9. The average Bonchev–Trinajstić information content (AvgIpc) is 2.63. The van der Waals surface area contributed by atoms with E-state index in [2.05, 4.69) is 41.5 Å². The van der Waals surface area contributed by atoms with E-state index in [1.165, 1.54) is 25.7 Å². The predicted molar refractivity (Wildman–Crippen MR) is 116 cm³/mol. The Labute approximate surface area is 165 Å². The Morgan fingerprint density at radius 3 is 0.923 bits per heavy atom. The normalized spacial score (nSPS) is 12.7. The molecule has 0 amide bonds. The minimum Gasteiger partial charge on any atom is -0.394 e. The molecule has 4 nitrogen and oxygen atoms in total. The molecule has 0 N–H and O–H groups in total. The van der Waals surface area contributed by atoms with Gasteiger partial charge in [-0.25, -0.2) is 0 Å². The zero-order valence-electron chi connectivity index (χ0n) is 18.5. The summed E-state index contributed by atoms with van der Waals surface area (Å²) in [6.07, 6.45) is 7.15. The molecule has 0 aromatic heterocycles. The van der Waals surface area contributed by atoms with Gasteiger partial charge in [-0.3, -0.25) is 0 Å². The third kappa shape index (κ3) is 10.6. The molecule has 0 aliphatic heterocycles. The van der Waals surface area contributed by atoms with Crippen LogP contribution >= 0.6 is 0 Å². The van der Waals surface area contributed by atoms with E-state index in [9.17, 15) is 0 Å². The molecule has 0 aromatic carbocycles. The third-order valence-corrected chi connectivity index (χ3v) is 12.5. The lowest BCUT2D eigenvalue weighted by Crippen LogP contribution is -2.43. The van der Waals surface area contributed by atoms with Crippen LogP contribution in [-0.4, -0.2) is 43.5 Å². The van der Waals surface area contributed by atoms with Gasteiger partial charge < -0.3 is 17.7 Å². The Bertz CT molecular complexity index is 274. The van der Waals surface area contributed by atoms with Gasteiger partial charge in [0.1, 0.15) is 0 Å². The second kappa shape index (κ2) is 16.2. The van der Waals surface area contributed by atoms with Crippen LogP contribution in [0, 0.1) is 0 Å². The van der Waals surface area contributed by atoms with Gasteiger partial charge in [0, 0.05) is 26.4 Å². The summed E-state index contributed by atoms with van der Waals surface area (Å²) in [5, 5.41) is 0. The van der Waals surface area contributed by atoms with Gasteiger partial charge in [-0.15, -0.1) is 0 Å². The maximum atomic E-state index is 6.23. The highest BCUT2D eigenvalue weighted by molar-refractivity contribution is 6.68. The largest absolute Gasteiger partial charge is 0.394 e. The molecule has 26 heavy (non-hydrogen) atoms. The molecule has 0 saturated carbocycles. The van der Waals surface area contributed by atoms with Crippen LogP contribution in [0.2, 0.25) is 24.2 Å². The van der Waals surface area contributed by atoms with E-state index >= 15 is 0 Å². The first-order valence-electron chi connectivity index (χ1n) is 11.1. The van der Waals surface area contributed by atoms with Crippen LogP contribution in [0.1, 0.15) is 80.1 Å². The monoisotopic (exact) mass is 406 g/mol. The highest BCUT2D eigenvalue weighted by Gasteiger charge is 2.38. The molecule has 0 radical (unpaired) electrons. The van der Waals surface area contributed by atoms with Crippen LogP contribution in [0.15, 0.2) is 0 Å². The van der Waals surface area contributed by atoms with Gasteiger partial charge in [0.15, 0.2) is 0 Å². The maximum Gasteiger partial charge on any atom is 0.338 e. The van der Waals surface area contributed by atoms with Gasteiger partial charge in [-0.1, -0.05) is 52.4 Å². The van der Waals surface area contributed by atoms with Crippen LogP contribution in [0.25, 0.3) is 0 Å². The maximum absolute atomic E-state index is 6.23. The lowest BCUT2D eigenvalue weighted by atomic mass is 10.4. The highest BCUT2D eigenvalue weighted by Crippen LogP contribution is 2.29. The van der Waals surface area contributed by atoms with Crippen LogP contribution in [0.3, 0.4) is 0 Å². The summed E-state index contributed by atoms with van der Waals surface area (Å²) in [6, 6.07) is 4.46. The number of hydrogen-bond acceptors (Lipinski definition) is 4. The molecule has 0 saturated heterocycles. The molecule has 0 rings (SSSR count). The number of hydrogen-bond donors (Lipinski definition) is 0. The van der Waals surface area contributed by atoms with Crippen molar-refractivity contribution in [2.24, 2.45) is 0 Å². The first kappa shape index (κ1) is 26.3. The van der Waals surface area contributed by atoms with Crippen molar-refractivity contribution in [1.82, 2.24) is 0 Å². The second-order valence-corrected chi connectivity index (χ2v) is 13.8. The molecule has 0 unspecified atom stereocenters.